The molecular formula is C21H28FN3O3. The van der Waals surface area contributed by atoms with Crippen molar-refractivity contribution >= 4 is 5.96 Å². The molecule has 2 N–H and O–H groups in total. The third-order valence-electron chi connectivity index (χ3n) is 4.08. The van der Waals surface area contributed by atoms with Gasteiger partial charge in [0.15, 0.2) is 17.5 Å². The molecule has 0 aromatic heterocycles. The number of methoxy groups -OCH3 is 3. The van der Waals surface area contributed by atoms with Crippen LogP contribution in [0.5, 0.6) is 11.5 Å². The molecule has 0 radical (unpaired) electrons. The van der Waals surface area contributed by atoms with E-state index in [9.17, 15) is 4.39 Å². The van der Waals surface area contributed by atoms with Crippen molar-refractivity contribution in [2.75, 3.05) is 27.9 Å². The van der Waals surface area contributed by atoms with Crippen LogP contribution in [0.4, 0.5) is 4.39 Å². The Bertz CT molecular complexity index is 796. The summed E-state index contributed by atoms with van der Waals surface area (Å²) in [5, 5.41) is 6.50. The van der Waals surface area contributed by atoms with E-state index in [1.807, 2.05) is 25.1 Å². The molecule has 0 spiro atoms. The average Bonchev–Trinajstić information content (AvgIpc) is 2.72. The number of nitrogens with zero attached hydrogens (tertiary/aromatic N) is 1. The van der Waals surface area contributed by atoms with Gasteiger partial charge in [0.1, 0.15) is 5.82 Å². The van der Waals surface area contributed by atoms with Gasteiger partial charge in [-0.15, -0.1) is 0 Å². The molecule has 0 amide bonds. The molecule has 0 heterocycles. The van der Waals surface area contributed by atoms with Gasteiger partial charge in [0, 0.05) is 25.8 Å². The molecular weight excluding hydrogens is 361 g/mol. The van der Waals surface area contributed by atoms with Crippen molar-refractivity contribution in [3.63, 3.8) is 0 Å². The Morgan fingerprint density at radius 2 is 1.71 bits per heavy atom. The van der Waals surface area contributed by atoms with Crippen LogP contribution >= 0.6 is 0 Å². The first-order valence-electron chi connectivity index (χ1n) is 9.10. The van der Waals surface area contributed by atoms with E-state index in [1.165, 1.54) is 6.07 Å². The molecule has 0 saturated heterocycles. The monoisotopic (exact) mass is 389 g/mol. The van der Waals surface area contributed by atoms with Gasteiger partial charge in [-0.3, -0.25) is 0 Å². The Kier molecular flexibility index (Phi) is 8.55. The molecule has 0 aliphatic heterocycles. The molecule has 0 unspecified atom stereocenters. The fourth-order valence-electron chi connectivity index (χ4n) is 2.68. The van der Waals surface area contributed by atoms with Crippen molar-refractivity contribution in [1.82, 2.24) is 10.6 Å². The van der Waals surface area contributed by atoms with Crippen LogP contribution in [0.25, 0.3) is 0 Å². The lowest BCUT2D eigenvalue weighted by Crippen LogP contribution is -2.36. The van der Waals surface area contributed by atoms with Gasteiger partial charge in [-0.1, -0.05) is 12.1 Å². The van der Waals surface area contributed by atoms with Crippen LogP contribution < -0.4 is 20.1 Å². The second-order valence-corrected chi connectivity index (χ2v) is 6.10. The highest BCUT2D eigenvalue weighted by atomic mass is 19.1. The number of ether oxygens (including phenoxy) is 3. The standard InChI is InChI=1S/C21H28FN3O3/c1-5-23-21(24-12-15-6-8-18(22)17(10-15)14-26-2)25-13-16-7-9-19(27-3)20(11-16)28-4/h6-11H,5,12-14H2,1-4H3,(H2,23,24,25). The summed E-state index contributed by atoms with van der Waals surface area (Å²) in [6.07, 6.45) is 0. The van der Waals surface area contributed by atoms with Gasteiger partial charge in [-0.05, 0) is 42.3 Å². The summed E-state index contributed by atoms with van der Waals surface area (Å²) < 4.78 is 29.4. The second-order valence-electron chi connectivity index (χ2n) is 6.10. The highest BCUT2D eigenvalue weighted by molar-refractivity contribution is 5.79. The van der Waals surface area contributed by atoms with Crippen LogP contribution in [0.1, 0.15) is 23.6 Å². The zero-order valence-corrected chi connectivity index (χ0v) is 16.8. The van der Waals surface area contributed by atoms with Gasteiger partial charge in [0.25, 0.3) is 0 Å². The average molecular weight is 389 g/mol. The third kappa shape index (κ3) is 6.13. The Morgan fingerprint density at radius 1 is 0.964 bits per heavy atom. The molecule has 6 nitrogen and oxygen atoms in total. The van der Waals surface area contributed by atoms with Crippen LogP contribution in [-0.2, 0) is 24.4 Å². The fraction of sp³-hybridized carbons (Fsp3) is 0.381. The van der Waals surface area contributed by atoms with Crippen molar-refractivity contribution in [3.05, 3.63) is 58.9 Å². The summed E-state index contributed by atoms with van der Waals surface area (Å²) in [6, 6.07) is 10.7. The number of hydrogen-bond acceptors (Lipinski definition) is 4. The van der Waals surface area contributed by atoms with Crippen LogP contribution in [0.2, 0.25) is 0 Å². The molecule has 0 bridgehead atoms. The molecule has 28 heavy (non-hydrogen) atoms. The lowest BCUT2D eigenvalue weighted by molar-refractivity contribution is 0.181. The van der Waals surface area contributed by atoms with Crippen LogP contribution in [0.15, 0.2) is 41.4 Å². The van der Waals surface area contributed by atoms with E-state index in [2.05, 4.69) is 15.6 Å². The number of guanidine groups is 1. The van der Waals surface area contributed by atoms with Gasteiger partial charge >= 0.3 is 0 Å². The zero-order chi connectivity index (χ0) is 20.4. The van der Waals surface area contributed by atoms with E-state index in [1.54, 1.807) is 33.5 Å². The minimum atomic E-state index is -0.270. The highest BCUT2D eigenvalue weighted by Gasteiger charge is 2.06. The maximum absolute atomic E-state index is 13.7. The van der Waals surface area contributed by atoms with Gasteiger partial charge < -0.3 is 24.8 Å². The number of halogens is 1. The third-order valence-corrected chi connectivity index (χ3v) is 4.08. The molecule has 0 fully saturated rings. The maximum atomic E-state index is 13.7. The van der Waals surface area contributed by atoms with Crippen LogP contribution in [0.3, 0.4) is 0 Å². The lowest BCUT2D eigenvalue weighted by atomic mass is 10.1. The number of aliphatic imine (C=N–C) groups is 1. The molecule has 152 valence electrons. The second kappa shape index (κ2) is 11.1. The summed E-state index contributed by atoms with van der Waals surface area (Å²) >= 11 is 0. The van der Waals surface area contributed by atoms with Crippen molar-refractivity contribution in [2.45, 2.75) is 26.6 Å². The normalized spacial score (nSPS) is 11.2. The summed E-state index contributed by atoms with van der Waals surface area (Å²) in [4.78, 5) is 4.58. The minimum Gasteiger partial charge on any atom is -0.493 e. The molecule has 2 rings (SSSR count). The number of rotatable bonds is 9. The maximum Gasteiger partial charge on any atom is 0.191 e. The number of nitrogens with one attached hydrogen (secondary N) is 2. The Hall–Kier alpha value is -2.80. The van der Waals surface area contributed by atoms with E-state index in [4.69, 9.17) is 14.2 Å². The van der Waals surface area contributed by atoms with Crippen molar-refractivity contribution < 1.29 is 18.6 Å². The first-order chi connectivity index (χ1) is 13.6. The smallest absolute Gasteiger partial charge is 0.191 e. The molecule has 0 aliphatic carbocycles. The van der Waals surface area contributed by atoms with Gasteiger partial charge in [-0.25, -0.2) is 9.38 Å². The predicted octanol–water partition coefficient (Wildman–Crippen LogP) is 3.24. The Morgan fingerprint density at radius 3 is 2.39 bits per heavy atom. The molecule has 2 aromatic rings. The fourth-order valence-corrected chi connectivity index (χ4v) is 2.68. The van der Waals surface area contributed by atoms with Crippen LogP contribution in [0, 0.1) is 5.82 Å². The van der Waals surface area contributed by atoms with Crippen molar-refractivity contribution in [3.8, 4) is 11.5 Å². The quantitative estimate of drug-likeness (QED) is 0.509. The minimum absolute atomic E-state index is 0.237. The topological polar surface area (TPSA) is 64.1 Å². The number of benzene rings is 2. The highest BCUT2D eigenvalue weighted by Crippen LogP contribution is 2.27. The van der Waals surface area contributed by atoms with E-state index in [-0.39, 0.29) is 12.4 Å². The van der Waals surface area contributed by atoms with Crippen molar-refractivity contribution in [2.24, 2.45) is 4.99 Å². The summed E-state index contributed by atoms with van der Waals surface area (Å²) in [6.45, 7) is 3.97. The zero-order valence-electron chi connectivity index (χ0n) is 16.8. The summed E-state index contributed by atoms with van der Waals surface area (Å²) in [7, 11) is 4.77. The van der Waals surface area contributed by atoms with E-state index >= 15 is 0 Å². The summed E-state index contributed by atoms with van der Waals surface area (Å²) in [5.41, 5.74) is 2.47. The summed E-state index contributed by atoms with van der Waals surface area (Å²) in [5.74, 6) is 1.78. The Labute approximate surface area is 165 Å². The van der Waals surface area contributed by atoms with Gasteiger partial charge in [0.2, 0.25) is 0 Å². The van der Waals surface area contributed by atoms with E-state index in [0.717, 1.165) is 17.7 Å². The SMILES string of the molecule is CCNC(=NCc1ccc(F)c(COC)c1)NCc1ccc(OC)c(OC)c1. The van der Waals surface area contributed by atoms with Gasteiger partial charge in [-0.2, -0.15) is 0 Å². The molecule has 0 atom stereocenters. The lowest BCUT2D eigenvalue weighted by Gasteiger charge is -2.13. The Balaban J connectivity index is 2.05. The van der Waals surface area contributed by atoms with E-state index < -0.39 is 0 Å². The first-order valence-corrected chi connectivity index (χ1v) is 9.10. The van der Waals surface area contributed by atoms with E-state index in [0.29, 0.717) is 36.1 Å². The number of hydrogen-bond donors (Lipinski definition) is 2. The molecule has 0 aliphatic rings. The molecule has 2 aromatic carbocycles. The predicted molar refractivity (Wildman–Crippen MR) is 108 cm³/mol. The molecule has 7 heteroatoms. The largest absolute Gasteiger partial charge is 0.493 e. The first kappa shape index (κ1) is 21.5. The van der Waals surface area contributed by atoms with Crippen molar-refractivity contribution in [1.29, 1.82) is 0 Å². The van der Waals surface area contributed by atoms with Gasteiger partial charge in [0.05, 0.1) is 27.4 Å². The molecule has 0 saturated carbocycles. The van der Waals surface area contributed by atoms with Crippen LogP contribution in [-0.4, -0.2) is 33.8 Å².